The molecule has 0 saturated heterocycles. The molecule has 0 spiro atoms. The molecule has 0 aromatic heterocycles. The van der Waals surface area contributed by atoms with Crippen LogP contribution in [0.3, 0.4) is 0 Å². The van der Waals surface area contributed by atoms with Gasteiger partial charge >= 0.3 is 0 Å². The van der Waals surface area contributed by atoms with Gasteiger partial charge in [0.15, 0.2) is 6.21 Å². The van der Waals surface area contributed by atoms with Gasteiger partial charge < -0.3 is 5.21 Å². The Hall–Kier alpha value is -3.02. The van der Waals surface area contributed by atoms with Crippen LogP contribution in [0.25, 0.3) is 0 Å². The highest BCUT2D eigenvalue weighted by Crippen LogP contribution is 2.15. The molecule has 2 rings (SSSR count). The molecule has 2 aromatic rings. The number of nitro groups is 1. The Bertz CT molecular complexity index is 695. The molecule has 0 aliphatic heterocycles. The highest BCUT2D eigenvalue weighted by atomic mass is 16.6. The largest absolute Gasteiger partial charge is 0.618 e. The minimum absolute atomic E-state index is 0.0891. The van der Waals surface area contributed by atoms with Gasteiger partial charge in [0.1, 0.15) is 6.29 Å². The fraction of sp³-hybridized carbons (Fsp3) is 0. The summed E-state index contributed by atoms with van der Waals surface area (Å²) in [5.74, 6) is 0. The van der Waals surface area contributed by atoms with Gasteiger partial charge in [0, 0.05) is 35.4 Å². The lowest BCUT2D eigenvalue weighted by Crippen LogP contribution is -2.00. The van der Waals surface area contributed by atoms with Crippen molar-refractivity contribution in [2.24, 2.45) is 0 Å². The Morgan fingerprint density at radius 3 is 2.15 bits per heavy atom. The normalized spacial score (nSPS) is 11.1. The third-order valence-corrected chi connectivity index (χ3v) is 2.61. The Kier molecular flexibility index (Phi) is 3.85. The van der Waals surface area contributed by atoms with Crippen molar-refractivity contribution in [3.8, 4) is 0 Å². The minimum atomic E-state index is -0.528. The van der Waals surface area contributed by atoms with Crippen LogP contribution in [0.15, 0.2) is 48.5 Å². The molecule has 0 aliphatic rings. The third kappa shape index (κ3) is 3.05. The summed E-state index contributed by atoms with van der Waals surface area (Å²) in [6, 6.07) is 11.9. The van der Waals surface area contributed by atoms with Gasteiger partial charge in [-0.3, -0.25) is 14.9 Å². The number of nitrogens with zero attached hydrogens (tertiary/aromatic N) is 2. The van der Waals surface area contributed by atoms with E-state index in [1.54, 1.807) is 24.3 Å². The van der Waals surface area contributed by atoms with E-state index in [9.17, 15) is 20.1 Å². The van der Waals surface area contributed by atoms with Crippen molar-refractivity contribution in [3.63, 3.8) is 0 Å². The molecule has 20 heavy (non-hydrogen) atoms. The second-order valence-corrected chi connectivity index (χ2v) is 4.02. The fourth-order valence-corrected chi connectivity index (χ4v) is 1.66. The molecule has 0 heterocycles. The number of aldehydes is 1. The number of carbonyl (C=O) groups excluding carboxylic acids is 1. The summed E-state index contributed by atoms with van der Waals surface area (Å²) in [4.78, 5) is 20.8. The van der Waals surface area contributed by atoms with Gasteiger partial charge in [0.25, 0.3) is 5.69 Å². The maximum absolute atomic E-state index is 11.9. The van der Waals surface area contributed by atoms with Gasteiger partial charge in [-0.15, -0.1) is 0 Å². The summed E-state index contributed by atoms with van der Waals surface area (Å²) in [5, 5.41) is 22.6. The van der Waals surface area contributed by atoms with Gasteiger partial charge in [-0.05, 0) is 6.07 Å². The molecule has 0 saturated carbocycles. The lowest BCUT2D eigenvalue weighted by Gasteiger charge is -2.03. The third-order valence-electron chi connectivity index (χ3n) is 2.61. The zero-order valence-corrected chi connectivity index (χ0v) is 10.3. The molecule has 0 bridgehead atoms. The van der Waals surface area contributed by atoms with Crippen LogP contribution in [0.4, 0.5) is 11.4 Å². The Morgan fingerprint density at radius 2 is 1.50 bits per heavy atom. The zero-order valence-electron chi connectivity index (χ0n) is 10.3. The summed E-state index contributed by atoms with van der Waals surface area (Å²) in [6.45, 7) is 0. The lowest BCUT2D eigenvalue weighted by atomic mass is 10.2. The van der Waals surface area contributed by atoms with E-state index in [1.165, 1.54) is 30.5 Å². The quantitative estimate of drug-likeness (QED) is 0.213. The topological polar surface area (TPSA) is 86.3 Å². The smallest absolute Gasteiger partial charge is 0.270 e. The maximum Gasteiger partial charge on any atom is 0.270 e. The predicted octanol–water partition coefficient (Wildman–Crippen LogP) is 2.67. The highest BCUT2D eigenvalue weighted by Gasteiger charge is 2.07. The first-order chi connectivity index (χ1) is 9.60. The summed E-state index contributed by atoms with van der Waals surface area (Å²) >= 11 is 0. The number of hydrogen-bond donors (Lipinski definition) is 0. The number of non-ortho nitro benzene ring substituents is 1. The number of rotatable bonds is 4. The first-order valence-electron chi connectivity index (χ1n) is 5.71. The van der Waals surface area contributed by atoms with Crippen LogP contribution < -0.4 is 0 Å². The molecule has 0 fully saturated rings. The van der Waals surface area contributed by atoms with Crippen LogP contribution in [0.2, 0.25) is 0 Å². The number of carbonyl (C=O) groups is 1. The molecule has 6 nitrogen and oxygen atoms in total. The molecular weight excluding hydrogens is 260 g/mol. The number of nitro benzene ring substituents is 1. The molecule has 0 atom stereocenters. The number of benzene rings is 2. The van der Waals surface area contributed by atoms with Crippen molar-refractivity contribution >= 4 is 23.9 Å². The van der Waals surface area contributed by atoms with Gasteiger partial charge in [0.05, 0.1) is 4.92 Å². The predicted molar refractivity (Wildman–Crippen MR) is 73.4 cm³/mol. The van der Waals surface area contributed by atoms with E-state index in [2.05, 4.69) is 0 Å². The number of hydrogen-bond acceptors (Lipinski definition) is 4. The second-order valence-electron chi connectivity index (χ2n) is 4.02. The summed E-state index contributed by atoms with van der Waals surface area (Å²) in [5.41, 5.74) is 0.983. The molecule has 0 amide bonds. The van der Waals surface area contributed by atoms with Crippen molar-refractivity contribution in [2.75, 3.05) is 0 Å². The Labute approximate surface area is 114 Å². The van der Waals surface area contributed by atoms with Crippen LogP contribution in [-0.4, -0.2) is 22.2 Å². The van der Waals surface area contributed by atoms with Crippen LogP contribution in [0.5, 0.6) is 0 Å². The molecule has 2 aromatic carbocycles. The highest BCUT2D eigenvalue weighted by molar-refractivity contribution is 5.79. The van der Waals surface area contributed by atoms with Gasteiger partial charge in [-0.25, -0.2) is 0 Å². The molecular formula is C14H10N2O4. The van der Waals surface area contributed by atoms with Gasteiger partial charge in [-0.1, -0.05) is 18.2 Å². The van der Waals surface area contributed by atoms with E-state index < -0.39 is 4.92 Å². The van der Waals surface area contributed by atoms with Crippen LogP contribution in [0, 0.1) is 15.3 Å². The van der Waals surface area contributed by atoms with Crippen LogP contribution in [0.1, 0.15) is 15.9 Å². The second kappa shape index (κ2) is 5.75. The van der Waals surface area contributed by atoms with E-state index in [0.29, 0.717) is 22.2 Å². The van der Waals surface area contributed by atoms with Crippen molar-refractivity contribution in [1.29, 1.82) is 0 Å². The molecule has 0 unspecified atom stereocenters. The van der Waals surface area contributed by atoms with E-state index >= 15 is 0 Å². The molecule has 0 aliphatic carbocycles. The van der Waals surface area contributed by atoms with Gasteiger partial charge in [0.2, 0.25) is 5.69 Å². The average molecular weight is 270 g/mol. The molecule has 6 heteroatoms. The fourth-order valence-electron chi connectivity index (χ4n) is 1.66. The SMILES string of the molecule is O=Cc1cccc([N+]([O-])=Cc2cccc([N+](=O)[O-])c2)c1. The first kappa shape index (κ1) is 13.4. The van der Waals surface area contributed by atoms with Gasteiger partial charge in [-0.2, -0.15) is 4.74 Å². The standard InChI is InChI=1S/C14H10N2O4/c17-10-12-4-2-5-13(8-12)15(18)9-11-3-1-6-14(7-11)16(19)20/h1-10H. The molecule has 100 valence electrons. The zero-order chi connectivity index (χ0) is 14.5. The molecule has 0 N–H and O–H groups in total. The van der Waals surface area contributed by atoms with Crippen molar-refractivity contribution in [2.45, 2.75) is 0 Å². The van der Waals surface area contributed by atoms with E-state index in [0.717, 1.165) is 0 Å². The van der Waals surface area contributed by atoms with Crippen molar-refractivity contribution in [1.82, 2.24) is 0 Å². The van der Waals surface area contributed by atoms with Crippen molar-refractivity contribution < 1.29 is 14.5 Å². The average Bonchev–Trinajstić information content (AvgIpc) is 2.47. The Balaban J connectivity index is 2.36. The van der Waals surface area contributed by atoms with E-state index in [4.69, 9.17) is 0 Å². The van der Waals surface area contributed by atoms with Crippen LogP contribution in [-0.2, 0) is 0 Å². The summed E-state index contributed by atoms with van der Waals surface area (Å²) in [6.07, 6.45) is 1.86. The molecule has 0 radical (unpaired) electrons. The summed E-state index contributed by atoms with van der Waals surface area (Å²) < 4.78 is 0.562. The van der Waals surface area contributed by atoms with Crippen LogP contribution >= 0.6 is 0 Å². The monoisotopic (exact) mass is 270 g/mol. The van der Waals surface area contributed by atoms with E-state index in [1.807, 2.05) is 0 Å². The summed E-state index contributed by atoms with van der Waals surface area (Å²) in [7, 11) is 0. The maximum atomic E-state index is 11.9. The minimum Gasteiger partial charge on any atom is -0.618 e. The lowest BCUT2D eigenvalue weighted by molar-refractivity contribution is -0.385. The van der Waals surface area contributed by atoms with Crippen molar-refractivity contribution in [3.05, 3.63) is 75.0 Å². The first-order valence-corrected chi connectivity index (χ1v) is 5.71. The Morgan fingerprint density at radius 1 is 0.900 bits per heavy atom. The van der Waals surface area contributed by atoms with E-state index in [-0.39, 0.29) is 11.4 Å².